The van der Waals surface area contributed by atoms with Crippen molar-refractivity contribution in [2.45, 2.75) is 18.7 Å². The fraction of sp³-hybridized carbons (Fsp3) is 0.286. The number of aromatic nitrogens is 1. The summed E-state index contributed by atoms with van der Waals surface area (Å²) in [5.41, 5.74) is 0.714. The monoisotopic (exact) mass is 494 g/mol. The predicted octanol–water partition coefficient (Wildman–Crippen LogP) is 3.93. The van der Waals surface area contributed by atoms with Gasteiger partial charge in [0.1, 0.15) is 0 Å². The number of amides is 3. The molecule has 0 saturated heterocycles. The quantitative estimate of drug-likeness (QED) is 0.408. The first-order chi connectivity index (χ1) is 15.2. The summed E-state index contributed by atoms with van der Waals surface area (Å²) in [6.45, 7) is 5.22. The highest BCUT2D eigenvalue weighted by molar-refractivity contribution is 7.91. The molecule has 0 bridgehead atoms. The third-order valence-electron chi connectivity index (χ3n) is 4.39. The third-order valence-corrected chi connectivity index (χ3v) is 7.36. The topological polar surface area (TPSA) is 117 Å². The number of imide groups is 1. The van der Waals surface area contributed by atoms with Gasteiger partial charge in [-0.1, -0.05) is 48.9 Å². The highest BCUT2D eigenvalue weighted by Gasteiger charge is 2.18. The van der Waals surface area contributed by atoms with E-state index in [9.17, 15) is 18.0 Å². The van der Waals surface area contributed by atoms with E-state index < -0.39 is 21.8 Å². The van der Waals surface area contributed by atoms with Gasteiger partial charge in [-0.2, -0.15) is 0 Å². The molecule has 2 aromatic carbocycles. The number of nitrogens with zero attached hydrogens (tertiary/aromatic N) is 1. The molecule has 3 N–H and O–H groups in total. The Morgan fingerprint density at radius 2 is 1.91 bits per heavy atom. The van der Waals surface area contributed by atoms with Gasteiger partial charge in [0.2, 0.25) is 0 Å². The van der Waals surface area contributed by atoms with Crippen molar-refractivity contribution >= 4 is 60.1 Å². The number of hydrogen-bond donors (Lipinski definition) is 3. The lowest BCUT2D eigenvalue weighted by atomic mass is 10.2. The molecule has 0 spiro atoms. The van der Waals surface area contributed by atoms with E-state index in [0.29, 0.717) is 22.7 Å². The van der Waals surface area contributed by atoms with Crippen molar-refractivity contribution in [3.63, 3.8) is 0 Å². The van der Waals surface area contributed by atoms with Crippen LogP contribution in [0.2, 0.25) is 5.02 Å². The van der Waals surface area contributed by atoms with Crippen LogP contribution in [0.5, 0.6) is 0 Å². The molecule has 0 radical (unpaired) electrons. The van der Waals surface area contributed by atoms with E-state index in [0.717, 1.165) is 17.9 Å². The Balaban J connectivity index is 1.66. The van der Waals surface area contributed by atoms with Gasteiger partial charge >= 0.3 is 6.03 Å². The summed E-state index contributed by atoms with van der Waals surface area (Å²) in [7, 11) is -3.45. The molecule has 1 aromatic heterocycles. The van der Waals surface area contributed by atoms with Crippen LogP contribution in [0.15, 0.2) is 47.4 Å². The zero-order valence-corrected chi connectivity index (χ0v) is 19.9. The van der Waals surface area contributed by atoms with Gasteiger partial charge in [-0.3, -0.25) is 15.4 Å². The SMILES string of the molecule is CC(C)CNCCS(=O)(=O)c1ccc2nc(NC(=O)NC(=O)c3ccccc3Cl)sc2c1. The van der Waals surface area contributed by atoms with E-state index in [1.165, 1.54) is 12.1 Å². The van der Waals surface area contributed by atoms with Gasteiger partial charge in [0.05, 0.1) is 31.5 Å². The Bertz CT molecular complexity index is 1240. The summed E-state index contributed by atoms with van der Waals surface area (Å²) in [4.78, 5) is 28.8. The molecule has 170 valence electrons. The Morgan fingerprint density at radius 3 is 2.62 bits per heavy atom. The molecule has 32 heavy (non-hydrogen) atoms. The Labute approximate surface area is 195 Å². The van der Waals surface area contributed by atoms with Crippen molar-refractivity contribution in [1.82, 2.24) is 15.6 Å². The maximum absolute atomic E-state index is 12.6. The van der Waals surface area contributed by atoms with Crippen LogP contribution in [-0.2, 0) is 9.84 Å². The molecule has 3 aromatic rings. The largest absolute Gasteiger partial charge is 0.327 e. The minimum Gasteiger partial charge on any atom is -0.315 e. The molecular formula is C21H23ClN4O4S2. The number of thiazole rings is 1. The zero-order chi connectivity index (χ0) is 23.3. The van der Waals surface area contributed by atoms with Crippen molar-refractivity contribution in [2.75, 3.05) is 24.2 Å². The lowest BCUT2D eigenvalue weighted by Crippen LogP contribution is -2.34. The average Bonchev–Trinajstić information content (AvgIpc) is 3.12. The summed E-state index contributed by atoms with van der Waals surface area (Å²) in [5.74, 6) is -0.218. The van der Waals surface area contributed by atoms with Crippen molar-refractivity contribution < 1.29 is 18.0 Å². The van der Waals surface area contributed by atoms with Crippen molar-refractivity contribution in [1.29, 1.82) is 0 Å². The van der Waals surface area contributed by atoms with Gasteiger partial charge in [-0.05, 0) is 42.8 Å². The van der Waals surface area contributed by atoms with Crippen LogP contribution in [0.25, 0.3) is 10.2 Å². The molecule has 0 aliphatic carbocycles. The van der Waals surface area contributed by atoms with Crippen LogP contribution in [0.4, 0.5) is 9.93 Å². The normalized spacial score (nSPS) is 11.6. The molecule has 0 unspecified atom stereocenters. The lowest BCUT2D eigenvalue weighted by molar-refractivity contribution is 0.0967. The van der Waals surface area contributed by atoms with Crippen molar-refractivity contribution in [3.8, 4) is 0 Å². The van der Waals surface area contributed by atoms with Crippen LogP contribution in [0, 0.1) is 5.92 Å². The van der Waals surface area contributed by atoms with E-state index >= 15 is 0 Å². The maximum Gasteiger partial charge on any atom is 0.327 e. The molecule has 3 amide bonds. The van der Waals surface area contributed by atoms with Crippen LogP contribution < -0.4 is 16.0 Å². The molecule has 0 aliphatic heterocycles. The lowest BCUT2D eigenvalue weighted by Gasteiger charge is -2.08. The summed E-state index contributed by atoms with van der Waals surface area (Å²) in [6, 6.07) is 10.2. The van der Waals surface area contributed by atoms with Gasteiger partial charge in [0, 0.05) is 6.54 Å². The average molecular weight is 495 g/mol. The van der Waals surface area contributed by atoms with Crippen LogP contribution in [0.3, 0.4) is 0 Å². The number of halogens is 1. The molecule has 0 saturated carbocycles. The number of fused-ring (bicyclic) bond motifs is 1. The first kappa shape index (κ1) is 24.1. The van der Waals surface area contributed by atoms with Gasteiger partial charge in [-0.25, -0.2) is 18.2 Å². The van der Waals surface area contributed by atoms with Gasteiger partial charge in [-0.15, -0.1) is 0 Å². The van der Waals surface area contributed by atoms with E-state index in [2.05, 4.69) is 34.8 Å². The number of sulfone groups is 1. The van der Waals surface area contributed by atoms with Gasteiger partial charge < -0.3 is 5.32 Å². The van der Waals surface area contributed by atoms with E-state index in [-0.39, 0.29) is 26.4 Å². The second-order valence-corrected chi connectivity index (χ2v) is 11.0. The third kappa shape index (κ3) is 6.26. The summed E-state index contributed by atoms with van der Waals surface area (Å²) in [6.07, 6.45) is 0. The minimum atomic E-state index is -3.45. The summed E-state index contributed by atoms with van der Waals surface area (Å²) >= 11 is 7.08. The number of anilines is 1. The number of nitrogens with one attached hydrogen (secondary N) is 3. The second-order valence-electron chi connectivity index (χ2n) is 7.45. The van der Waals surface area contributed by atoms with Gasteiger partial charge in [0.15, 0.2) is 15.0 Å². The molecule has 3 rings (SSSR count). The first-order valence-electron chi connectivity index (χ1n) is 9.86. The summed E-state index contributed by atoms with van der Waals surface area (Å²) < 4.78 is 25.8. The molecule has 0 fully saturated rings. The molecule has 1 heterocycles. The number of hydrogen-bond acceptors (Lipinski definition) is 7. The number of carbonyl (C=O) groups is 2. The van der Waals surface area contributed by atoms with Crippen molar-refractivity contribution in [3.05, 3.63) is 53.1 Å². The molecular weight excluding hydrogens is 472 g/mol. The fourth-order valence-corrected chi connectivity index (χ4v) is 5.23. The van der Waals surface area contributed by atoms with E-state index in [1.54, 1.807) is 30.3 Å². The number of benzene rings is 2. The molecule has 0 atom stereocenters. The highest BCUT2D eigenvalue weighted by atomic mass is 35.5. The number of urea groups is 1. The Morgan fingerprint density at radius 1 is 1.16 bits per heavy atom. The zero-order valence-electron chi connectivity index (χ0n) is 17.5. The van der Waals surface area contributed by atoms with E-state index in [1.807, 2.05) is 0 Å². The minimum absolute atomic E-state index is 0.0122. The van der Waals surface area contributed by atoms with Crippen LogP contribution in [0.1, 0.15) is 24.2 Å². The van der Waals surface area contributed by atoms with Crippen molar-refractivity contribution in [2.24, 2.45) is 5.92 Å². The van der Waals surface area contributed by atoms with Crippen LogP contribution in [-0.4, -0.2) is 44.2 Å². The second kappa shape index (κ2) is 10.4. The fourth-order valence-electron chi connectivity index (χ4n) is 2.81. The molecule has 8 nitrogen and oxygen atoms in total. The smallest absolute Gasteiger partial charge is 0.315 e. The van der Waals surface area contributed by atoms with E-state index in [4.69, 9.17) is 11.6 Å². The highest BCUT2D eigenvalue weighted by Crippen LogP contribution is 2.28. The maximum atomic E-state index is 12.6. The molecule has 0 aliphatic rings. The first-order valence-corrected chi connectivity index (χ1v) is 12.7. The summed E-state index contributed by atoms with van der Waals surface area (Å²) in [5, 5.41) is 8.28. The standard InChI is InChI=1S/C21H23ClN4O4S2/c1-13(2)12-23-9-10-32(29,30)14-7-8-17-18(11-14)31-21(24-17)26-20(28)25-19(27)15-5-3-4-6-16(15)22/h3-8,11,13,23H,9-10,12H2,1-2H3,(H2,24,25,26,27,28). The number of carbonyl (C=O) groups excluding carboxylic acids is 2. The predicted molar refractivity (Wildman–Crippen MR) is 127 cm³/mol. The Hall–Kier alpha value is -2.53. The van der Waals surface area contributed by atoms with Crippen LogP contribution >= 0.6 is 22.9 Å². The Kier molecular flexibility index (Phi) is 7.83. The van der Waals surface area contributed by atoms with Gasteiger partial charge in [0.25, 0.3) is 5.91 Å². The number of rotatable bonds is 8. The molecule has 11 heteroatoms.